The van der Waals surface area contributed by atoms with E-state index in [1.807, 2.05) is 0 Å². The van der Waals surface area contributed by atoms with Crippen LogP contribution < -0.4 is 4.90 Å². The van der Waals surface area contributed by atoms with Crippen molar-refractivity contribution in [2.24, 2.45) is 0 Å². The van der Waals surface area contributed by atoms with Crippen molar-refractivity contribution in [1.29, 1.82) is 0 Å². The number of anilines is 2. The number of fused-ring (bicyclic) bond motifs is 4. The first-order valence-corrected chi connectivity index (χ1v) is 17.0. The molecule has 1 aliphatic rings. The van der Waals surface area contributed by atoms with Gasteiger partial charge in [-0.15, -0.1) is 0 Å². The number of hydrogen-bond acceptors (Lipinski definition) is 1. The first-order valence-electron chi connectivity index (χ1n) is 17.0. The molecule has 50 heavy (non-hydrogen) atoms. The van der Waals surface area contributed by atoms with Crippen molar-refractivity contribution in [1.82, 2.24) is 4.57 Å². The van der Waals surface area contributed by atoms with Gasteiger partial charge in [-0.25, -0.2) is 0 Å². The summed E-state index contributed by atoms with van der Waals surface area (Å²) in [4.78, 5) is 2.27. The molecule has 0 saturated heterocycles. The van der Waals surface area contributed by atoms with Gasteiger partial charge in [0, 0.05) is 33.9 Å². The zero-order valence-corrected chi connectivity index (χ0v) is 27.6. The molecule has 9 rings (SSSR count). The van der Waals surface area contributed by atoms with Crippen LogP contribution in [0.1, 0.15) is 11.1 Å². The van der Waals surface area contributed by atoms with E-state index in [4.69, 9.17) is 0 Å². The molecule has 236 valence electrons. The van der Waals surface area contributed by atoms with Crippen LogP contribution in [0, 0.1) is 0 Å². The summed E-state index contributed by atoms with van der Waals surface area (Å²) in [5.74, 6) is 0. The molecule has 7 aromatic carbocycles. The van der Waals surface area contributed by atoms with E-state index in [-0.39, 0.29) is 0 Å². The maximum Gasteiger partial charge on any atom is 0.0541 e. The van der Waals surface area contributed by atoms with Crippen molar-refractivity contribution < 1.29 is 0 Å². The number of rotatable bonds is 5. The van der Waals surface area contributed by atoms with Gasteiger partial charge in [-0.05, 0) is 106 Å². The summed E-state index contributed by atoms with van der Waals surface area (Å²) in [6.07, 6.45) is 6.64. The van der Waals surface area contributed by atoms with Crippen LogP contribution in [0.4, 0.5) is 11.4 Å². The van der Waals surface area contributed by atoms with E-state index in [1.165, 1.54) is 44.1 Å². The van der Waals surface area contributed by atoms with Gasteiger partial charge in [0.25, 0.3) is 0 Å². The van der Waals surface area contributed by atoms with E-state index in [9.17, 15) is 0 Å². The van der Waals surface area contributed by atoms with Crippen LogP contribution in [0.3, 0.4) is 0 Å². The molecule has 0 unspecified atom stereocenters. The molecule has 0 saturated carbocycles. The Morgan fingerprint density at radius 2 is 1.02 bits per heavy atom. The van der Waals surface area contributed by atoms with E-state index in [1.54, 1.807) is 0 Å². The second kappa shape index (κ2) is 12.4. The lowest BCUT2D eigenvalue weighted by atomic mass is 9.93. The second-order valence-electron chi connectivity index (χ2n) is 12.7. The number of benzene rings is 7. The van der Waals surface area contributed by atoms with Crippen molar-refractivity contribution in [3.8, 4) is 27.9 Å². The minimum Gasteiger partial charge on any atom is -0.317 e. The normalized spacial score (nSPS) is 14.5. The van der Waals surface area contributed by atoms with Crippen LogP contribution in [0.5, 0.6) is 0 Å². The van der Waals surface area contributed by atoms with Crippen LogP contribution in [0.2, 0.25) is 0 Å². The molecule has 1 aliphatic heterocycles. The first-order chi connectivity index (χ1) is 24.7. The molecule has 0 N–H and O–H groups in total. The van der Waals surface area contributed by atoms with Gasteiger partial charge in [-0.2, -0.15) is 0 Å². The lowest BCUT2D eigenvalue weighted by Gasteiger charge is -2.26. The first kappa shape index (κ1) is 29.5. The fraction of sp³-hybridized carbons (Fsp3) is 0. The van der Waals surface area contributed by atoms with Gasteiger partial charge in [0.2, 0.25) is 0 Å². The topological polar surface area (TPSA) is 8.17 Å². The van der Waals surface area contributed by atoms with Gasteiger partial charge in [0.15, 0.2) is 0 Å². The molecule has 8 aromatic rings. The summed E-state index contributed by atoms with van der Waals surface area (Å²) in [6.45, 7) is 4.64. The molecule has 0 bridgehead atoms. The molecule has 0 radical (unpaired) electrons. The summed E-state index contributed by atoms with van der Waals surface area (Å²) in [5, 5.41) is 2.45. The van der Waals surface area contributed by atoms with Crippen molar-refractivity contribution in [3.63, 3.8) is 0 Å². The zero-order chi connectivity index (χ0) is 33.4. The highest BCUT2D eigenvalue weighted by Gasteiger charge is 2.19. The van der Waals surface area contributed by atoms with Crippen molar-refractivity contribution in [2.45, 2.75) is 0 Å². The molecule has 2 nitrogen and oxygen atoms in total. The monoisotopic (exact) mass is 638 g/mol. The zero-order valence-electron chi connectivity index (χ0n) is 27.6. The van der Waals surface area contributed by atoms with Crippen LogP contribution in [0.25, 0.3) is 60.9 Å². The average molecular weight is 639 g/mol. The Bertz CT molecular complexity index is 2590. The Morgan fingerprint density at radius 1 is 0.420 bits per heavy atom. The minimum absolute atomic E-state index is 0.971. The molecule has 0 spiro atoms. The third-order valence-corrected chi connectivity index (χ3v) is 9.69. The van der Waals surface area contributed by atoms with Crippen molar-refractivity contribution in [3.05, 3.63) is 212 Å². The molecular weight excluding hydrogens is 605 g/mol. The number of hydrogen-bond donors (Lipinski definition) is 0. The smallest absolute Gasteiger partial charge is 0.0541 e. The highest BCUT2D eigenvalue weighted by atomic mass is 15.1. The predicted molar refractivity (Wildman–Crippen MR) is 213 cm³/mol. The third-order valence-electron chi connectivity index (χ3n) is 9.69. The quantitative estimate of drug-likeness (QED) is 0.182. The van der Waals surface area contributed by atoms with Gasteiger partial charge in [-0.3, -0.25) is 0 Å². The Morgan fingerprint density at radius 3 is 1.78 bits per heavy atom. The maximum absolute atomic E-state index is 4.64. The van der Waals surface area contributed by atoms with E-state index in [0.717, 1.165) is 39.3 Å². The molecule has 2 heterocycles. The summed E-state index contributed by atoms with van der Waals surface area (Å²) in [5.41, 5.74) is 14.8. The Labute approximate surface area is 292 Å². The van der Waals surface area contributed by atoms with Crippen LogP contribution in [0.15, 0.2) is 201 Å². The number of allylic oxidation sites excluding steroid dienone is 4. The summed E-state index contributed by atoms with van der Waals surface area (Å²) >= 11 is 0. The third kappa shape index (κ3) is 5.24. The summed E-state index contributed by atoms with van der Waals surface area (Å²) in [6, 6.07) is 62.8. The van der Waals surface area contributed by atoms with E-state index in [0.29, 0.717) is 0 Å². The average Bonchev–Trinajstić information content (AvgIpc) is 3.52. The highest BCUT2D eigenvalue weighted by molar-refractivity contribution is 6.10. The Balaban J connectivity index is 1.19. The summed E-state index contributed by atoms with van der Waals surface area (Å²) in [7, 11) is 0. The van der Waals surface area contributed by atoms with Gasteiger partial charge in [0.05, 0.1) is 16.7 Å². The largest absolute Gasteiger partial charge is 0.317 e. The van der Waals surface area contributed by atoms with E-state index >= 15 is 0 Å². The SMILES string of the molecule is C=C1/C=C(c2ccc3c(c2)c2ccccc2n3-c2cccc(-c3ccccc3)c2)\C=C/N(c2ccccc2)c2ccc(-c3ccccc3)cc21. The van der Waals surface area contributed by atoms with Gasteiger partial charge in [0.1, 0.15) is 0 Å². The van der Waals surface area contributed by atoms with E-state index < -0.39 is 0 Å². The van der Waals surface area contributed by atoms with Gasteiger partial charge >= 0.3 is 0 Å². The molecule has 0 amide bonds. The maximum atomic E-state index is 4.64. The van der Waals surface area contributed by atoms with Crippen molar-refractivity contribution >= 4 is 44.3 Å². The van der Waals surface area contributed by atoms with Crippen LogP contribution in [-0.4, -0.2) is 4.57 Å². The molecule has 2 heteroatoms. The number of aromatic nitrogens is 1. The second-order valence-corrected chi connectivity index (χ2v) is 12.7. The van der Waals surface area contributed by atoms with E-state index in [2.05, 4.69) is 210 Å². The lowest BCUT2D eigenvalue weighted by Crippen LogP contribution is -2.12. The van der Waals surface area contributed by atoms with Crippen LogP contribution >= 0.6 is 0 Å². The standard InChI is InChI=1S/C48H34N2/c1-34-30-40(28-29-49(41-19-9-4-10-20-41)46-26-24-38(32-44(34)46)36-16-7-3-8-17-36)39-25-27-48-45(33-39)43-22-11-12-23-47(43)50(48)42-21-13-18-37(31-42)35-14-5-2-6-15-35/h2-33H,1H2/b29-28-,40-30+. The van der Waals surface area contributed by atoms with Gasteiger partial charge in [-0.1, -0.05) is 128 Å². The highest BCUT2D eigenvalue weighted by Crippen LogP contribution is 2.40. The summed E-state index contributed by atoms with van der Waals surface area (Å²) < 4.78 is 2.39. The predicted octanol–water partition coefficient (Wildman–Crippen LogP) is 12.9. The number of para-hydroxylation sites is 2. The fourth-order valence-corrected chi connectivity index (χ4v) is 7.24. The minimum atomic E-state index is 0.971. The molecule has 1 aromatic heterocycles. The Kier molecular flexibility index (Phi) is 7.33. The lowest BCUT2D eigenvalue weighted by molar-refractivity contribution is 1.18. The molecule has 0 fully saturated rings. The molecule has 0 atom stereocenters. The molecule has 0 aliphatic carbocycles. The van der Waals surface area contributed by atoms with Crippen LogP contribution in [-0.2, 0) is 0 Å². The van der Waals surface area contributed by atoms with Gasteiger partial charge < -0.3 is 9.47 Å². The Hall–Kier alpha value is -6.64. The fourth-order valence-electron chi connectivity index (χ4n) is 7.24. The van der Waals surface area contributed by atoms with Crippen molar-refractivity contribution in [2.75, 3.05) is 4.90 Å². The molecular formula is C48H34N2. The number of nitrogens with zero attached hydrogens (tertiary/aromatic N) is 2.